The van der Waals surface area contributed by atoms with Crippen LogP contribution < -0.4 is 4.90 Å². The molecule has 0 saturated carbocycles. The van der Waals surface area contributed by atoms with E-state index in [9.17, 15) is 13.6 Å². The highest BCUT2D eigenvalue weighted by molar-refractivity contribution is 7.15. The van der Waals surface area contributed by atoms with E-state index >= 15 is 0 Å². The second-order valence-electron chi connectivity index (χ2n) is 6.12. The lowest BCUT2D eigenvalue weighted by molar-refractivity contribution is 0.0958. The standard InChI is InChI=1S/C22H15F2NO2S/c23-16-5-3-15(4-6-16)21-12-11-19(28-21)14-25(18-9-7-17(24)8-10-18)22(26)20-2-1-13-27-20/h1-13H,14H2. The minimum atomic E-state index is -0.371. The lowest BCUT2D eigenvalue weighted by atomic mass is 10.2. The van der Waals surface area contributed by atoms with Crippen molar-refractivity contribution in [3.8, 4) is 10.4 Å². The van der Waals surface area contributed by atoms with Crippen LogP contribution in [0.2, 0.25) is 0 Å². The number of hydrogen-bond donors (Lipinski definition) is 0. The monoisotopic (exact) mass is 395 g/mol. The maximum atomic E-state index is 13.3. The van der Waals surface area contributed by atoms with Crippen LogP contribution in [0.5, 0.6) is 0 Å². The van der Waals surface area contributed by atoms with Crippen LogP contribution in [-0.2, 0) is 6.54 Å². The van der Waals surface area contributed by atoms with Crippen molar-refractivity contribution in [1.29, 1.82) is 0 Å². The summed E-state index contributed by atoms with van der Waals surface area (Å²) in [6.45, 7) is 0.303. The molecule has 3 nitrogen and oxygen atoms in total. The van der Waals surface area contributed by atoms with Gasteiger partial charge in [0.1, 0.15) is 11.6 Å². The van der Waals surface area contributed by atoms with E-state index in [0.717, 1.165) is 15.3 Å². The third-order valence-electron chi connectivity index (χ3n) is 4.22. The van der Waals surface area contributed by atoms with Gasteiger partial charge in [0, 0.05) is 15.4 Å². The minimum Gasteiger partial charge on any atom is -0.459 e. The van der Waals surface area contributed by atoms with Crippen LogP contribution in [0.15, 0.2) is 83.5 Å². The van der Waals surface area contributed by atoms with Crippen molar-refractivity contribution in [2.45, 2.75) is 6.54 Å². The van der Waals surface area contributed by atoms with Crippen LogP contribution in [0.3, 0.4) is 0 Å². The molecule has 0 fully saturated rings. The highest BCUT2D eigenvalue weighted by atomic mass is 32.1. The van der Waals surface area contributed by atoms with Gasteiger partial charge < -0.3 is 9.32 Å². The highest BCUT2D eigenvalue weighted by Gasteiger charge is 2.21. The number of halogens is 2. The Hall–Kier alpha value is -3.25. The molecule has 6 heteroatoms. The molecule has 0 saturated heterocycles. The zero-order valence-corrected chi connectivity index (χ0v) is 15.5. The molecule has 2 aromatic carbocycles. The Bertz CT molecular complexity index is 1070. The summed E-state index contributed by atoms with van der Waals surface area (Å²) in [5, 5.41) is 0. The SMILES string of the molecule is O=C(c1ccco1)N(Cc1ccc(-c2ccc(F)cc2)s1)c1ccc(F)cc1. The molecule has 0 spiro atoms. The lowest BCUT2D eigenvalue weighted by Crippen LogP contribution is -2.29. The fourth-order valence-electron chi connectivity index (χ4n) is 2.82. The zero-order chi connectivity index (χ0) is 19.5. The molecule has 140 valence electrons. The zero-order valence-electron chi connectivity index (χ0n) is 14.6. The van der Waals surface area contributed by atoms with Gasteiger partial charge in [-0.3, -0.25) is 4.79 Å². The molecule has 0 unspecified atom stereocenters. The van der Waals surface area contributed by atoms with Crippen molar-refractivity contribution in [3.63, 3.8) is 0 Å². The Kier molecular flexibility index (Phi) is 5.04. The van der Waals surface area contributed by atoms with E-state index in [1.165, 1.54) is 41.9 Å². The van der Waals surface area contributed by atoms with E-state index < -0.39 is 0 Å². The molecule has 0 aliphatic heterocycles. The second-order valence-corrected chi connectivity index (χ2v) is 7.29. The van der Waals surface area contributed by atoms with Gasteiger partial charge >= 0.3 is 0 Å². The predicted molar refractivity (Wildman–Crippen MR) is 105 cm³/mol. The first-order valence-corrected chi connectivity index (χ1v) is 9.37. The van der Waals surface area contributed by atoms with Gasteiger partial charge in [0.15, 0.2) is 5.76 Å². The third-order valence-corrected chi connectivity index (χ3v) is 5.34. The normalized spacial score (nSPS) is 10.8. The first-order valence-electron chi connectivity index (χ1n) is 8.56. The molecule has 28 heavy (non-hydrogen) atoms. The minimum absolute atomic E-state index is 0.208. The molecule has 0 bridgehead atoms. The molecule has 0 N–H and O–H groups in total. The number of carbonyl (C=O) groups excluding carboxylic acids is 1. The molecule has 2 heterocycles. The topological polar surface area (TPSA) is 33.5 Å². The average Bonchev–Trinajstić information content (AvgIpc) is 3.39. The number of carbonyl (C=O) groups is 1. The Morgan fingerprint density at radius 2 is 1.57 bits per heavy atom. The maximum Gasteiger partial charge on any atom is 0.294 e. The van der Waals surface area contributed by atoms with Crippen LogP contribution >= 0.6 is 11.3 Å². The van der Waals surface area contributed by atoms with Crippen LogP contribution in [0.1, 0.15) is 15.4 Å². The summed E-state index contributed by atoms with van der Waals surface area (Å²) in [5.74, 6) is -0.760. The van der Waals surface area contributed by atoms with Crippen LogP contribution in [0.4, 0.5) is 14.5 Å². The fourth-order valence-corrected chi connectivity index (χ4v) is 3.82. The number of nitrogens with zero attached hydrogens (tertiary/aromatic N) is 1. The van der Waals surface area contributed by atoms with E-state index in [-0.39, 0.29) is 23.3 Å². The first-order chi connectivity index (χ1) is 13.6. The summed E-state index contributed by atoms with van der Waals surface area (Å²) >= 11 is 1.51. The Morgan fingerprint density at radius 1 is 0.893 bits per heavy atom. The largest absolute Gasteiger partial charge is 0.459 e. The predicted octanol–water partition coefficient (Wildman–Crippen LogP) is 6.13. The van der Waals surface area contributed by atoms with Gasteiger partial charge in [-0.05, 0) is 66.2 Å². The fraction of sp³-hybridized carbons (Fsp3) is 0.0455. The van der Waals surface area contributed by atoms with Gasteiger partial charge in [-0.2, -0.15) is 0 Å². The van der Waals surface area contributed by atoms with Crippen molar-refractivity contribution in [2.75, 3.05) is 4.90 Å². The smallest absolute Gasteiger partial charge is 0.294 e. The van der Waals surface area contributed by atoms with E-state index in [0.29, 0.717) is 12.2 Å². The molecule has 0 aliphatic carbocycles. The number of thiophene rings is 1. The van der Waals surface area contributed by atoms with Gasteiger partial charge in [0.2, 0.25) is 0 Å². The number of furan rings is 1. The summed E-state index contributed by atoms with van der Waals surface area (Å²) in [4.78, 5) is 16.4. The quantitative estimate of drug-likeness (QED) is 0.407. The van der Waals surface area contributed by atoms with Gasteiger partial charge in [-0.25, -0.2) is 8.78 Å². The maximum absolute atomic E-state index is 13.3. The third kappa shape index (κ3) is 3.87. The molecule has 2 aromatic heterocycles. The molecule has 0 aliphatic rings. The first kappa shape index (κ1) is 18.1. The van der Waals surface area contributed by atoms with Gasteiger partial charge in [0.05, 0.1) is 12.8 Å². The van der Waals surface area contributed by atoms with E-state index in [1.54, 1.807) is 41.3 Å². The summed E-state index contributed by atoms with van der Waals surface area (Å²) < 4.78 is 31.7. The van der Waals surface area contributed by atoms with Crippen LogP contribution in [0, 0.1) is 11.6 Å². The van der Waals surface area contributed by atoms with Gasteiger partial charge in [-0.1, -0.05) is 12.1 Å². The summed E-state index contributed by atoms with van der Waals surface area (Å²) in [6, 6.07) is 19.1. The molecular formula is C22H15F2NO2S. The Labute approximate surface area is 164 Å². The molecule has 1 amide bonds. The number of benzene rings is 2. The van der Waals surface area contributed by atoms with Crippen molar-refractivity contribution < 1.29 is 18.0 Å². The summed E-state index contributed by atoms with van der Waals surface area (Å²) in [5.41, 5.74) is 1.47. The van der Waals surface area contributed by atoms with E-state index in [2.05, 4.69) is 0 Å². The molecule has 4 aromatic rings. The number of anilines is 1. The van der Waals surface area contributed by atoms with Crippen molar-refractivity contribution >= 4 is 22.9 Å². The Morgan fingerprint density at radius 3 is 2.21 bits per heavy atom. The molecule has 0 atom stereocenters. The van der Waals surface area contributed by atoms with Crippen LogP contribution in [0.25, 0.3) is 10.4 Å². The molecule has 4 rings (SSSR count). The average molecular weight is 395 g/mol. The number of hydrogen-bond acceptors (Lipinski definition) is 3. The highest BCUT2D eigenvalue weighted by Crippen LogP contribution is 2.30. The van der Waals surface area contributed by atoms with E-state index in [1.807, 2.05) is 12.1 Å². The number of amides is 1. The number of rotatable bonds is 5. The second kappa shape index (κ2) is 7.78. The van der Waals surface area contributed by atoms with Crippen LogP contribution in [-0.4, -0.2) is 5.91 Å². The van der Waals surface area contributed by atoms with Crippen molar-refractivity contribution in [1.82, 2.24) is 0 Å². The van der Waals surface area contributed by atoms with Gasteiger partial charge in [-0.15, -0.1) is 11.3 Å². The molecular weight excluding hydrogens is 380 g/mol. The summed E-state index contributed by atoms with van der Waals surface area (Å²) in [7, 11) is 0. The lowest BCUT2D eigenvalue weighted by Gasteiger charge is -2.21. The van der Waals surface area contributed by atoms with Crippen molar-refractivity contribution in [2.24, 2.45) is 0 Å². The van der Waals surface area contributed by atoms with Gasteiger partial charge in [0.25, 0.3) is 5.91 Å². The molecule has 0 radical (unpaired) electrons. The summed E-state index contributed by atoms with van der Waals surface area (Å²) in [6.07, 6.45) is 1.44. The van der Waals surface area contributed by atoms with Crippen molar-refractivity contribution in [3.05, 3.63) is 101 Å². The Balaban J connectivity index is 1.63. The van der Waals surface area contributed by atoms with E-state index in [4.69, 9.17) is 4.42 Å².